The van der Waals surface area contributed by atoms with E-state index in [0.29, 0.717) is 31.1 Å². The second-order valence-corrected chi connectivity index (χ2v) is 6.29. The van der Waals surface area contributed by atoms with Gasteiger partial charge in [-0.25, -0.2) is 0 Å². The summed E-state index contributed by atoms with van der Waals surface area (Å²) in [5.74, 6) is 2.38. The van der Waals surface area contributed by atoms with Crippen molar-refractivity contribution in [1.82, 2.24) is 4.90 Å². The summed E-state index contributed by atoms with van der Waals surface area (Å²) in [6, 6.07) is 7.54. The molecule has 0 aliphatic carbocycles. The minimum Gasteiger partial charge on any atom is -0.390 e. The van der Waals surface area contributed by atoms with Crippen LogP contribution in [0.1, 0.15) is 12.0 Å². The minimum atomic E-state index is -0.619. The summed E-state index contributed by atoms with van der Waals surface area (Å²) in [5, 5.41) is 14.9. The summed E-state index contributed by atoms with van der Waals surface area (Å²) >= 11 is 5.91. The van der Waals surface area contributed by atoms with E-state index < -0.39 is 6.10 Å². The van der Waals surface area contributed by atoms with Crippen LogP contribution in [0.15, 0.2) is 42.1 Å². The van der Waals surface area contributed by atoms with E-state index in [0.717, 1.165) is 11.3 Å². The van der Waals surface area contributed by atoms with Gasteiger partial charge in [0.1, 0.15) is 12.7 Å². The number of rotatable bonds is 10. The predicted molar refractivity (Wildman–Crippen MR) is 99.8 cm³/mol. The van der Waals surface area contributed by atoms with Crippen LogP contribution in [0.3, 0.4) is 0 Å². The van der Waals surface area contributed by atoms with E-state index >= 15 is 0 Å². The molecule has 0 radical (unpaired) electrons. The molecule has 6 heteroatoms. The van der Waals surface area contributed by atoms with E-state index in [9.17, 15) is 5.11 Å². The number of hydrogen-bond donors (Lipinski definition) is 1. The lowest BCUT2D eigenvalue weighted by Gasteiger charge is -2.25. The van der Waals surface area contributed by atoms with Crippen LogP contribution in [0.4, 0.5) is 0 Å². The molecule has 1 aromatic rings. The highest BCUT2D eigenvalue weighted by atomic mass is 35.5. The minimum absolute atomic E-state index is 0.0653. The Morgan fingerprint density at radius 2 is 2.28 bits per heavy atom. The molecular formula is C19H23ClN2O3. The molecule has 1 aromatic carbocycles. The Labute approximate surface area is 153 Å². The number of nitrogens with zero attached hydrogens (tertiary/aromatic N) is 2. The number of aliphatic hydroxyl groups excluding tert-OH is 1. The summed E-state index contributed by atoms with van der Waals surface area (Å²) in [4.78, 5) is 7.60. The molecular weight excluding hydrogens is 340 g/mol. The number of ether oxygens (including phenoxy) is 1. The van der Waals surface area contributed by atoms with Crippen LogP contribution >= 0.6 is 11.6 Å². The van der Waals surface area contributed by atoms with Gasteiger partial charge in [0.15, 0.2) is 0 Å². The van der Waals surface area contributed by atoms with Gasteiger partial charge in [-0.1, -0.05) is 40.9 Å². The fourth-order valence-corrected chi connectivity index (χ4v) is 2.76. The molecule has 0 bridgehead atoms. The van der Waals surface area contributed by atoms with Gasteiger partial charge in [0.25, 0.3) is 0 Å². The van der Waals surface area contributed by atoms with E-state index in [1.54, 1.807) is 6.08 Å². The highest BCUT2D eigenvalue weighted by Crippen LogP contribution is 2.19. The first-order valence-corrected chi connectivity index (χ1v) is 8.51. The third-order valence-electron chi connectivity index (χ3n) is 3.72. The molecule has 2 rings (SSSR count). The fourth-order valence-electron chi connectivity index (χ4n) is 2.64. The van der Waals surface area contributed by atoms with Crippen molar-refractivity contribution in [3.05, 3.63) is 47.5 Å². The fraction of sp³-hybridized carbons (Fsp3) is 0.421. The van der Waals surface area contributed by atoms with Gasteiger partial charge in [0, 0.05) is 31.1 Å². The number of hydrogen-bond acceptors (Lipinski definition) is 5. The van der Waals surface area contributed by atoms with Crippen LogP contribution in [-0.2, 0) is 9.57 Å². The third kappa shape index (κ3) is 6.52. The predicted octanol–water partition coefficient (Wildman–Crippen LogP) is 2.33. The second-order valence-electron chi connectivity index (χ2n) is 5.86. The molecule has 2 unspecified atom stereocenters. The SMILES string of the molecule is C#CCOCC(O)CN(CC=C)CC1CC(c2ccc(Cl)cc2)=NO1. The summed E-state index contributed by atoms with van der Waals surface area (Å²) in [6.45, 7) is 5.90. The topological polar surface area (TPSA) is 54.3 Å². The smallest absolute Gasteiger partial charge is 0.145 e. The zero-order chi connectivity index (χ0) is 18.1. The molecule has 0 saturated heterocycles. The Hall–Kier alpha value is -1.84. The molecule has 5 nitrogen and oxygen atoms in total. The van der Waals surface area contributed by atoms with Crippen molar-refractivity contribution in [2.24, 2.45) is 5.16 Å². The molecule has 0 saturated carbocycles. The van der Waals surface area contributed by atoms with Gasteiger partial charge >= 0.3 is 0 Å². The number of oxime groups is 1. The maximum atomic E-state index is 10.1. The van der Waals surface area contributed by atoms with Crippen LogP contribution < -0.4 is 0 Å². The lowest BCUT2D eigenvalue weighted by atomic mass is 10.0. The maximum Gasteiger partial charge on any atom is 0.145 e. The van der Waals surface area contributed by atoms with Gasteiger partial charge in [0.05, 0.1) is 18.4 Å². The van der Waals surface area contributed by atoms with Crippen molar-refractivity contribution in [2.75, 3.05) is 32.8 Å². The Balaban J connectivity index is 1.83. The monoisotopic (exact) mass is 362 g/mol. The summed E-state index contributed by atoms with van der Waals surface area (Å²) in [5.41, 5.74) is 1.91. The largest absolute Gasteiger partial charge is 0.390 e. The van der Waals surface area contributed by atoms with Crippen molar-refractivity contribution in [2.45, 2.75) is 18.6 Å². The Morgan fingerprint density at radius 1 is 1.52 bits per heavy atom. The Morgan fingerprint density at radius 3 is 2.96 bits per heavy atom. The lowest BCUT2D eigenvalue weighted by Crippen LogP contribution is -2.39. The summed E-state index contributed by atoms with van der Waals surface area (Å²) in [6.07, 6.45) is 6.94. The Kier molecular flexibility index (Phi) is 7.96. The van der Waals surface area contributed by atoms with Crippen LogP contribution in [0.25, 0.3) is 0 Å². The summed E-state index contributed by atoms with van der Waals surface area (Å²) < 4.78 is 5.17. The van der Waals surface area contributed by atoms with Gasteiger partial charge in [-0.15, -0.1) is 13.0 Å². The van der Waals surface area contributed by atoms with Gasteiger partial charge < -0.3 is 14.7 Å². The summed E-state index contributed by atoms with van der Waals surface area (Å²) in [7, 11) is 0. The quantitative estimate of drug-likeness (QED) is 0.394. The number of terminal acetylenes is 1. The average Bonchev–Trinajstić information content (AvgIpc) is 3.04. The van der Waals surface area contributed by atoms with E-state index in [1.807, 2.05) is 24.3 Å². The molecule has 1 N–H and O–H groups in total. The van der Waals surface area contributed by atoms with Crippen molar-refractivity contribution in [3.8, 4) is 12.3 Å². The number of aliphatic hydroxyl groups is 1. The highest BCUT2D eigenvalue weighted by Gasteiger charge is 2.25. The molecule has 1 aliphatic heterocycles. The number of benzene rings is 1. The van der Waals surface area contributed by atoms with Crippen LogP contribution in [0, 0.1) is 12.3 Å². The van der Waals surface area contributed by atoms with Gasteiger partial charge in [0.2, 0.25) is 0 Å². The van der Waals surface area contributed by atoms with Crippen molar-refractivity contribution < 1.29 is 14.7 Å². The van der Waals surface area contributed by atoms with E-state index in [1.165, 1.54) is 0 Å². The standard InChI is InChI=1S/C19H23ClN2O3/c1-3-9-22(12-17(23)14-24-10-4-2)13-18-11-19(21-25-18)15-5-7-16(20)8-6-15/h2-3,5-8,17-18,23H,1,9-14H2. The molecule has 134 valence electrons. The first-order chi connectivity index (χ1) is 12.1. The number of halogens is 1. The zero-order valence-electron chi connectivity index (χ0n) is 14.1. The molecule has 2 atom stereocenters. The molecule has 1 heterocycles. The van der Waals surface area contributed by atoms with Gasteiger partial charge in [-0.3, -0.25) is 4.90 Å². The normalized spacial score (nSPS) is 17.7. The first-order valence-electron chi connectivity index (χ1n) is 8.13. The van der Waals surface area contributed by atoms with E-state index in [-0.39, 0.29) is 19.3 Å². The highest BCUT2D eigenvalue weighted by molar-refractivity contribution is 6.30. The van der Waals surface area contributed by atoms with Crippen LogP contribution in [0.5, 0.6) is 0 Å². The second kappa shape index (κ2) is 10.2. The molecule has 0 fully saturated rings. The Bertz CT molecular complexity index is 625. The van der Waals surface area contributed by atoms with Crippen LogP contribution in [-0.4, -0.2) is 60.8 Å². The van der Waals surface area contributed by atoms with Crippen molar-refractivity contribution >= 4 is 17.3 Å². The average molecular weight is 363 g/mol. The van der Waals surface area contributed by atoms with Gasteiger partial charge in [-0.2, -0.15) is 0 Å². The van der Waals surface area contributed by atoms with E-state index in [4.69, 9.17) is 27.6 Å². The van der Waals surface area contributed by atoms with Crippen molar-refractivity contribution in [3.63, 3.8) is 0 Å². The molecule has 0 aromatic heterocycles. The molecule has 1 aliphatic rings. The molecule has 0 amide bonds. The third-order valence-corrected chi connectivity index (χ3v) is 3.98. The lowest BCUT2D eigenvalue weighted by molar-refractivity contribution is 0.00985. The van der Waals surface area contributed by atoms with Crippen molar-refractivity contribution in [1.29, 1.82) is 0 Å². The molecule has 25 heavy (non-hydrogen) atoms. The van der Waals surface area contributed by atoms with E-state index in [2.05, 4.69) is 22.6 Å². The first kappa shape index (κ1) is 19.5. The maximum absolute atomic E-state index is 10.1. The van der Waals surface area contributed by atoms with Gasteiger partial charge in [-0.05, 0) is 17.7 Å². The zero-order valence-corrected chi connectivity index (χ0v) is 14.9. The molecule has 0 spiro atoms. The van der Waals surface area contributed by atoms with Crippen LogP contribution in [0.2, 0.25) is 5.02 Å².